The van der Waals surface area contributed by atoms with E-state index in [0.29, 0.717) is 44.0 Å². The average molecular weight is 516 g/mol. The molecule has 9 heteroatoms. The average Bonchev–Trinajstić information content (AvgIpc) is 3.23. The van der Waals surface area contributed by atoms with Crippen molar-refractivity contribution in [1.29, 1.82) is 0 Å². The Morgan fingerprint density at radius 3 is 2.22 bits per heavy atom. The van der Waals surface area contributed by atoms with E-state index in [1.165, 1.54) is 29.2 Å². The van der Waals surface area contributed by atoms with Crippen LogP contribution in [-0.4, -0.2) is 71.9 Å². The van der Waals surface area contributed by atoms with Crippen molar-refractivity contribution in [2.75, 3.05) is 33.2 Å². The molecule has 2 heterocycles. The monoisotopic (exact) mass is 515 g/mol. The first-order valence-electron chi connectivity index (χ1n) is 12.1. The third-order valence-electron chi connectivity index (χ3n) is 7.53. The lowest BCUT2D eigenvalue weighted by molar-refractivity contribution is -0.139. The minimum Gasteiger partial charge on any atom is -0.410 e. The summed E-state index contributed by atoms with van der Waals surface area (Å²) in [4.78, 5) is 43.4. The number of carbonyl (C=O) groups excluding carboxylic acids is 3. The van der Waals surface area contributed by atoms with E-state index in [9.17, 15) is 18.8 Å². The fraction of sp³-hybridized carbons (Fsp3) is 0.444. The van der Waals surface area contributed by atoms with E-state index in [4.69, 9.17) is 16.3 Å². The number of hydrogen-bond acceptors (Lipinski definition) is 4. The molecule has 2 aromatic rings. The molecule has 2 aliphatic rings. The van der Waals surface area contributed by atoms with Gasteiger partial charge in [-0.05, 0) is 54.8 Å². The third kappa shape index (κ3) is 5.33. The predicted octanol–water partition coefficient (Wildman–Crippen LogP) is 4.34. The van der Waals surface area contributed by atoms with E-state index in [1.54, 1.807) is 31.0 Å². The quantitative estimate of drug-likeness (QED) is 0.607. The third-order valence-corrected chi connectivity index (χ3v) is 7.78. The highest BCUT2D eigenvalue weighted by Crippen LogP contribution is 2.39. The van der Waals surface area contributed by atoms with Gasteiger partial charge in [0, 0.05) is 56.5 Å². The first-order valence-corrected chi connectivity index (χ1v) is 12.5. The second kappa shape index (κ2) is 10.5. The number of nitrogens with zero attached hydrogens (tertiary/aromatic N) is 3. The van der Waals surface area contributed by atoms with Crippen LogP contribution >= 0.6 is 11.6 Å². The molecule has 2 aliphatic heterocycles. The molecule has 0 spiro atoms. The van der Waals surface area contributed by atoms with Gasteiger partial charge in [0.2, 0.25) is 11.8 Å². The van der Waals surface area contributed by atoms with Gasteiger partial charge in [0.15, 0.2) is 0 Å². The molecule has 2 saturated heterocycles. The van der Waals surface area contributed by atoms with Crippen LogP contribution in [0.2, 0.25) is 5.02 Å². The first kappa shape index (κ1) is 25.9. The number of amides is 3. The summed E-state index contributed by atoms with van der Waals surface area (Å²) in [5, 5.41) is 0.603. The summed E-state index contributed by atoms with van der Waals surface area (Å²) in [6.45, 7) is 5.50. The molecule has 0 bridgehead atoms. The number of likely N-dealkylation sites (N-methyl/N-ethyl adjacent to an activating group) is 1. The predicted molar refractivity (Wildman–Crippen MR) is 134 cm³/mol. The summed E-state index contributed by atoms with van der Waals surface area (Å²) >= 11 is 6.13. The van der Waals surface area contributed by atoms with Gasteiger partial charge in [0.1, 0.15) is 11.6 Å². The topological polar surface area (TPSA) is 70.2 Å². The van der Waals surface area contributed by atoms with Crippen LogP contribution in [0.4, 0.5) is 9.18 Å². The molecule has 0 unspecified atom stereocenters. The first-order chi connectivity index (χ1) is 17.1. The summed E-state index contributed by atoms with van der Waals surface area (Å²) in [5.74, 6) is -0.271. The summed E-state index contributed by atoms with van der Waals surface area (Å²) in [7, 11) is 1.66. The number of ether oxygens (including phenoxy) is 1. The zero-order valence-corrected chi connectivity index (χ0v) is 21.5. The van der Waals surface area contributed by atoms with Crippen molar-refractivity contribution >= 4 is 29.5 Å². The van der Waals surface area contributed by atoms with Gasteiger partial charge in [0.25, 0.3) is 0 Å². The lowest BCUT2D eigenvalue weighted by atomic mass is 9.77. The van der Waals surface area contributed by atoms with Gasteiger partial charge in [-0.15, -0.1) is 0 Å². The molecule has 2 aromatic carbocycles. The number of rotatable bonds is 4. The fourth-order valence-corrected chi connectivity index (χ4v) is 5.44. The maximum absolute atomic E-state index is 13.5. The molecule has 3 amide bonds. The molecule has 0 radical (unpaired) electrons. The van der Waals surface area contributed by atoms with E-state index in [2.05, 4.69) is 0 Å². The van der Waals surface area contributed by atoms with Gasteiger partial charge in [-0.25, -0.2) is 9.18 Å². The Morgan fingerprint density at radius 2 is 1.64 bits per heavy atom. The van der Waals surface area contributed by atoms with E-state index in [1.807, 2.05) is 24.0 Å². The molecule has 36 heavy (non-hydrogen) atoms. The van der Waals surface area contributed by atoms with Crippen molar-refractivity contribution in [2.45, 2.75) is 38.1 Å². The molecule has 192 valence electrons. The summed E-state index contributed by atoms with van der Waals surface area (Å²) in [5.41, 5.74) is 0.386. The second-order valence-electron chi connectivity index (χ2n) is 9.87. The Bertz CT molecular complexity index is 1120. The smallest absolute Gasteiger partial charge is 0.410 e. The molecule has 0 saturated carbocycles. The zero-order chi connectivity index (χ0) is 26.0. The largest absolute Gasteiger partial charge is 0.415 e. The normalized spacial score (nSPS) is 22.4. The molecule has 7 nitrogen and oxygen atoms in total. The van der Waals surface area contributed by atoms with Crippen LogP contribution in [0.1, 0.15) is 32.3 Å². The lowest BCUT2D eigenvalue weighted by Crippen LogP contribution is -2.50. The molecule has 2 fully saturated rings. The zero-order valence-electron chi connectivity index (χ0n) is 20.7. The number of hydrogen-bond donors (Lipinski definition) is 0. The van der Waals surface area contributed by atoms with Crippen molar-refractivity contribution < 1.29 is 23.5 Å². The van der Waals surface area contributed by atoms with Crippen LogP contribution in [0.3, 0.4) is 0 Å². The summed E-state index contributed by atoms with van der Waals surface area (Å²) < 4.78 is 18.8. The van der Waals surface area contributed by atoms with Crippen LogP contribution in [0, 0.1) is 11.7 Å². The van der Waals surface area contributed by atoms with Gasteiger partial charge in [-0.3, -0.25) is 9.59 Å². The van der Waals surface area contributed by atoms with Gasteiger partial charge in [0.05, 0.1) is 6.04 Å². The fourth-order valence-electron chi connectivity index (χ4n) is 5.31. The van der Waals surface area contributed by atoms with Gasteiger partial charge in [-0.2, -0.15) is 0 Å². The molecule has 0 aromatic heterocycles. The Balaban J connectivity index is 1.55. The number of likely N-dealkylation sites (tertiary alicyclic amines) is 2. The van der Waals surface area contributed by atoms with Crippen molar-refractivity contribution in [3.63, 3.8) is 0 Å². The van der Waals surface area contributed by atoms with Crippen LogP contribution < -0.4 is 4.74 Å². The van der Waals surface area contributed by atoms with Crippen molar-refractivity contribution in [2.24, 2.45) is 5.92 Å². The Labute approximate surface area is 215 Å². The van der Waals surface area contributed by atoms with Crippen molar-refractivity contribution in [1.82, 2.24) is 14.7 Å². The molecule has 4 rings (SSSR count). The van der Waals surface area contributed by atoms with E-state index < -0.39 is 17.3 Å². The van der Waals surface area contributed by atoms with E-state index in [-0.39, 0.29) is 29.5 Å². The number of halogens is 2. The van der Waals surface area contributed by atoms with E-state index in [0.717, 1.165) is 5.56 Å². The van der Waals surface area contributed by atoms with Crippen LogP contribution in [0.15, 0.2) is 48.5 Å². The molecule has 0 aliphatic carbocycles. The van der Waals surface area contributed by atoms with Crippen LogP contribution in [0.25, 0.3) is 0 Å². The minimum absolute atomic E-state index is 0.0266. The highest BCUT2D eigenvalue weighted by atomic mass is 35.5. The van der Waals surface area contributed by atoms with Gasteiger partial charge in [-0.1, -0.05) is 30.7 Å². The minimum atomic E-state index is -0.587. The van der Waals surface area contributed by atoms with Crippen LogP contribution in [0.5, 0.6) is 5.75 Å². The van der Waals surface area contributed by atoms with Crippen LogP contribution in [-0.2, 0) is 15.0 Å². The molecule has 0 N–H and O–H groups in total. The molecular formula is C27H31ClFN3O4. The lowest BCUT2D eigenvalue weighted by Gasteiger charge is -2.36. The summed E-state index contributed by atoms with van der Waals surface area (Å²) in [6.07, 6.45) is 0.662. The van der Waals surface area contributed by atoms with Crippen molar-refractivity contribution in [3.05, 3.63) is 64.9 Å². The number of piperidine rings is 1. The number of carbonyl (C=O) groups is 3. The SMILES string of the molecule is CC(=O)N1CCC(C(=O)N2C[C@@H](N(C)C(=O)Oc3ccc(F)cc3)[C@](C)(c3ccc(Cl)cc3)C2)CC1. The second-order valence-corrected chi connectivity index (χ2v) is 10.3. The summed E-state index contributed by atoms with van der Waals surface area (Å²) in [6, 6.07) is 12.3. The highest BCUT2D eigenvalue weighted by molar-refractivity contribution is 6.30. The Kier molecular flexibility index (Phi) is 7.54. The molecular weight excluding hydrogens is 485 g/mol. The standard InChI is InChI=1S/C27H31ClFN3O4/c1-18(33)31-14-12-19(13-15-31)25(34)32-16-24(27(2,17-32)20-4-6-21(28)7-5-20)30(3)26(35)36-23-10-8-22(29)9-11-23/h4-11,19,24H,12-17H2,1-3H3/t24-,27+/m1/s1. The van der Waals surface area contributed by atoms with Gasteiger partial charge >= 0.3 is 6.09 Å². The molecule has 2 atom stereocenters. The number of benzene rings is 2. The Hall–Kier alpha value is -3.13. The van der Waals surface area contributed by atoms with Crippen molar-refractivity contribution in [3.8, 4) is 5.75 Å². The van der Waals surface area contributed by atoms with E-state index >= 15 is 0 Å². The van der Waals surface area contributed by atoms with Gasteiger partial charge < -0.3 is 19.4 Å². The highest BCUT2D eigenvalue weighted by Gasteiger charge is 2.50. The maximum Gasteiger partial charge on any atom is 0.415 e. The maximum atomic E-state index is 13.5. The Morgan fingerprint density at radius 1 is 1.03 bits per heavy atom.